The van der Waals surface area contributed by atoms with Crippen LogP contribution in [0.25, 0.3) is 0 Å². The van der Waals surface area contributed by atoms with E-state index in [-0.39, 0.29) is 0 Å². The van der Waals surface area contributed by atoms with Crippen LogP contribution in [0.15, 0.2) is 0 Å². The van der Waals surface area contributed by atoms with E-state index < -0.39 is 0 Å². The molecule has 296 valence electrons. The van der Waals surface area contributed by atoms with Crippen molar-refractivity contribution in [2.75, 3.05) is 39.5 Å². The molecule has 0 spiro atoms. The van der Waals surface area contributed by atoms with Gasteiger partial charge in [-0.3, -0.25) is 0 Å². The van der Waals surface area contributed by atoms with Crippen molar-refractivity contribution in [3.63, 3.8) is 0 Å². The van der Waals surface area contributed by atoms with Crippen molar-refractivity contribution in [1.29, 1.82) is 0 Å². The Hall–Kier alpha value is -0.120. The lowest BCUT2D eigenvalue weighted by atomic mass is 10.0. The monoisotopic (exact) mass is 695 g/mol. The van der Waals surface area contributed by atoms with Gasteiger partial charge in [-0.05, 0) is 40.5 Å². The van der Waals surface area contributed by atoms with Crippen molar-refractivity contribution in [3.05, 3.63) is 0 Å². The van der Waals surface area contributed by atoms with E-state index >= 15 is 0 Å². The molecule has 0 saturated carbocycles. The molecular weight excluding hydrogens is 599 g/mol. The molecule has 0 saturated heterocycles. The molecule has 0 amide bonds. The van der Waals surface area contributed by atoms with E-state index in [0.717, 1.165) is 44.0 Å². The highest BCUT2D eigenvalue weighted by atomic mass is 16.5. The van der Waals surface area contributed by atoms with Crippen LogP contribution in [-0.2, 0) is 9.47 Å². The SMILES string of the molecule is CCCCCCCCCCCCCCCCCCOCC[N+](CCOCCCCCCCCCCCCCCCCCC)(C(C)C)C(C)C. The van der Waals surface area contributed by atoms with Gasteiger partial charge in [-0.1, -0.05) is 206 Å². The normalized spacial score (nSPS) is 12.2. The number of nitrogens with zero attached hydrogens (tertiary/aromatic N) is 1. The number of ether oxygens (including phenoxy) is 2. The van der Waals surface area contributed by atoms with Gasteiger partial charge in [0.05, 0.1) is 25.3 Å². The number of rotatable bonds is 42. The summed E-state index contributed by atoms with van der Waals surface area (Å²) in [5.74, 6) is 0. The van der Waals surface area contributed by atoms with Crippen LogP contribution >= 0.6 is 0 Å². The molecule has 0 bridgehead atoms. The third kappa shape index (κ3) is 32.3. The van der Waals surface area contributed by atoms with Crippen molar-refractivity contribution in [3.8, 4) is 0 Å². The maximum Gasteiger partial charge on any atom is 0.103 e. The zero-order chi connectivity index (χ0) is 35.9. The smallest absolute Gasteiger partial charge is 0.103 e. The first-order valence-electron chi connectivity index (χ1n) is 23.0. The molecule has 3 nitrogen and oxygen atoms in total. The highest BCUT2D eigenvalue weighted by molar-refractivity contribution is 4.57. The van der Waals surface area contributed by atoms with E-state index in [1.807, 2.05) is 0 Å². The lowest BCUT2D eigenvalue weighted by molar-refractivity contribution is -0.967. The second kappa shape index (κ2) is 39.1. The lowest BCUT2D eigenvalue weighted by Crippen LogP contribution is -2.60. The summed E-state index contributed by atoms with van der Waals surface area (Å²) >= 11 is 0. The van der Waals surface area contributed by atoms with E-state index in [1.165, 1.54) is 205 Å². The predicted molar refractivity (Wildman–Crippen MR) is 221 cm³/mol. The molecule has 0 rings (SSSR count). The third-order valence-corrected chi connectivity index (χ3v) is 11.6. The van der Waals surface area contributed by atoms with Gasteiger partial charge in [-0.25, -0.2) is 0 Å². The Morgan fingerprint density at radius 1 is 0.286 bits per heavy atom. The number of unbranched alkanes of at least 4 members (excludes halogenated alkanes) is 30. The van der Waals surface area contributed by atoms with Gasteiger partial charge in [-0.2, -0.15) is 0 Å². The van der Waals surface area contributed by atoms with Crippen LogP contribution < -0.4 is 0 Å². The van der Waals surface area contributed by atoms with Gasteiger partial charge in [0.25, 0.3) is 0 Å². The van der Waals surface area contributed by atoms with Gasteiger partial charge < -0.3 is 14.0 Å². The van der Waals surface area contributed by atoms with Crippen molar-refractivity contribution >= 4 is 0 Å². The van der Waals surface area contributed by atoms with Crippen molar-refractivity contribution in [1.82, 2.24) is 0 Å². The fourth-order valence-electron chi connectivity index (χ4n) is 7.92. The van der Waals surface area contributed by atoms with Crippen LogP contribution in [0.4, 0.5) is 0 Å². The minimum atomic E-state index is 0.596. The molecule has 0 atom stereocenters. The number of hydrogen-bond donors (Lipinski definition) is 0. The molecule has 3 heteroatoms. The molecule has 0 unspecified atom stereocenters. The summed E-state index contributed by atoms with van der Waals surface area (Å²) in [5.41, 5.74) is 0. The Kier molecular flexibility index (Phi) is 39.0. The molecule has 0 aliphatic rings. The van der Waals surface area contributed by atoms with Crippen LogP contribution in [0.3, 0.4) is 0 Å². The number of quaternary nitrogens is 1. The summed E-state index contributed by atoms with van der Waals surface area (Å²) in [6, 6.07) is 1.19. The molecule has 0 aromatic rings. The minimum absolute atomic E-state index is 0.596. The molecule has 49 heavy (non-hydrogen) atoms. The highest BCUT2D eigenvalue weighted by Gasteiger charge is 2.34. The largest absolute Gasteiger partial charge is 0.376 e. The van der Waals surface area contributed by atoms with Crippen molar-refractivity contribution in [2.24, 2.45) is 0 Å². The van der Waals surface area contributed by atoms with E-state index in [9.17, 15) is 0 Å². The van der Waals surface area contributed by atoms with Crippen LogP contribution in [0.2, 0.25) is 0 Å². The molecule has 0 N–H and O–H groups in total. The van der Waals surface area contributed by atoms with Crippen molar-refractivity contribution in [2.45, 2.75) is 259 Å². The zero-order valence-electron chi connectivity index (χ0n) is 35.3. The summed E-state index contributed by atoms with van der Waals surface area (Å²) in [5, 5.41) is 0. The lowest BCUT2D eigenvalue weighted by Gasteiger charge is -2.46. The molecule has 0 radical (unpaired) electrons. The molecule has 0 heterocycles. The van der Waals surface area contributed by atoms with Gasteiger partial charge in [-0.15, -0.1) is 0 Å². The third-order valence-electron chi connectivity index (χ3n) is 11.6. The molecular formula is C46H96NO2+. The topological polar surface area (TPSA) is 18.5 Å². The second-order valence-corrected chi connectivity index (χ2v) is 16.6. The molecule has 0 aromatic carbocycles. The summed E-state index contributed by atoms with van der Waals surface area (Å²) in [4.78, 5) is 0. The van der Waals surface area contributed by atoms with E-state index in [4.69, 9.17) is 9.47 Å². The maximum atomic E-state index is 6.20. The molecule has 0 aliphatic heterocycles. The summed E-state index contributed by atoms with van der Waals surface area (Å²) in [7, 11) is 0. The highest BCUT2D eigenvalue weighted by Crippen LogP contribution is 2.20. The Morgan fingerprint density at radius 3 is 0.694 bits per heavy atom. The maximum absolute atomic E-state index is 6.20. The Balaban J connectivity index is 3.68. The first kappa shape index (κ1) is 48.9. The first-order chi connectivity index (χ1) is 24.0. The molecule has 0 aliphatic carbocycles. The van der Waals surface area contributed by atoms with E-state index in [2.05, 4.69) is 41.5 Å². The fourth-order valence-corrected chi connectivity index (χ4v) is 7.92. The van der Waals surface area contributed by atoms with Crippen LogP contribution in [-0.4, -0.2) is 56.1 Å². The van der Waals surface area contributed by atoms with Crippen LogP contribution in [0.1, 0.15) is 247 Å². The second-order valence-electron chi connectivity index (χ2n) is 16.6. The summed E-state index contributed by atoms with van der Waals surface area (Å²) < 4.78 is 13.5. The average molecular weight is 695 g/mol. The minimum Gasteiger partial charge on any atom is -0.376 e. The number of hydrogen-bond acceptors (Lipinski definition) is 2. The molecule has 0 fully saturated rings. The Bertz CT molecular complexity index is 554. The van der Waals surface area contributed by atoms with Gasteiger partial charge in [0.2, 0.25) is 0 Å². The van der Waals surface area contributed by atoms with Crippen LogP contribution in [0, 0.1) is 0 Å². The van der Waals surface area contributed by atoms with Gasteiger partial charge in [0.1, 0.15) is 13.1 Å². The van der Waals surface area contributed by atoms with Crippen molar-refractivity contribution < 1.29 is 14.0 Å². The van der Waals surface area contributed by atoms with E-state index in [0.29, 0.717) is 12.1 Å². The zero-order valence-corrected chi connectivity index (χ0v) is 35.3. The van der Waals surface area contributed by atoms with E-state index in [1.54, 1.807) is 0 Å². The fraction of sp³-hybridized carbons (Fsp3) is 1.00. The quantitative estimate of drug-likeness (QED) is 0.0468. The van der Waals surface area contributed by atoms with Crippen LogP contribution in [0.5, 0.6) is 0 Å². The molecule has 0 aromatic heterocycles. The summed E-state index contributed by atoms with van der Waals surface area (Å²) in [6.45, 7) is 20.0. The Labute approximate surface area is 311 Å². The summed E-state index contributed by atoms with van der Waals surface area (Å²) in [6.07, 6.45) is 45.4. The standard InChI is InChI=1S/C46H96NO2/c1-7-9-11-13-15-17-19-21-23-25-27-29-31-33-35-37-41-48-43-39-47(45(3)4,46(5)6)40-44-49-42-38-36-34-32-30-28-26-24-22-20-18-16-14-12-10-8-2/h45-46H,7-44H2,1-6H3/q+1. The van der Waals surface area contributed by atoms with Gasteiger partial charge in [0, 0.05) is 13.2 Å². The first-order valence-corrected chi connectivity index (χ1v) is 23.0. The van der Waals surface area contributed by atoms with Gasteiger partial charge in [0.15, 0.2) is 0 Å². The average Bonchev–Trinajstić information content (AvgIpc) is 3.09. The Morgan fingerprint density at radius 2 is 0.490 bits per heavy atom. The predicted octanol–water partition coefficient (Wildman–Crippen LogP) is 15.2. The van der Waals surface area contributed by atoms with Gasteiger partial charge >= 0.3 is 0 Å².